The Balaban J connectivity index is 2.01. The first-order valence-corrected chi connectivity index (χ1v) is 7.74. The summed E-state index contributed by atoms with van der Waals surface area (Å²) < 4.78 is 20.7. The monoisotopic (exact) mass is 344 g/mol. The molecule has 0 N–H and O–H groups in total. The predicted molar refractivity (Wildman–Crippen MR) is 91.8 cm³/mol. The van der Waals surface area contributed by atoms with Crippen LogP contribution in [0, 0.1) is 0 Å². The third-order valence-electron chi connectivity index (χ3n) is 3.44. The van der Waals surface area contributed by atoms with Gasteiger partial charge in [0.05, 0.1) is 32.0 Å². The third kappa shape index (κ3) is 4.73. The maximum Gasteiger partial charge on any atom is 0.338 e. The molecule has 0 bridgehead atoms. The van der Waals surface area contributed by atoms with Gasteiger partial charge in [-0.05, 0) is 43.3 Å². The van der Waals surface area contributed by atoms with Crippen LogP contribution in [-0.2, 0) is 4.74 Å². The highest BCUT2D eigenvalue weighted by Gasteiger charge is 2.14. The van der Waals surface area contributed by atoms with Gasteiger partial charge in [-0.2, -0.15) is 0 Å². The SMILES string of the molecule is CCOC(=O)c1ccc(OCC(=O)c2ccc(OC)cc2OC)cc1. The van der Waals surface area contributed by atoms with E-state index in [0.29, 0.717) is 35.0 Å². The Hall–Kier alpha value is -3.02. The van der Waals surface area contributed by atoms with E-state index >= 15 is 0 Å². The summed E-state index contributed by atoms with van der Waals surface area (Å²) >= 11 is 0. The van der Waals surface area contributed by atoms with Gasteiger partial charge in [0, 0.05) is 6.07 Å². The number of methoxy groups -OCH3 is 2. The predicted octanol–water partition coefficient (Wildman–Crippen LogP) is 3.14. The van der Waals surface area contributed by atoms with Crippen LogP contribution in [0.3, 0.4) is 0 Å². The maximum atomic E-state index is 12.3. The lowest BCUT2D eigenvalue weighted by Gasteiger charge is -2.10. The molecule has 2 aromatic carbocycles. The van der Waals surface area contributed by atoms with Crippen molar-refractivity contribution in [2.45, 2.75) is 6.92 Å². The molecule has 2 aromatic rings. The second kappa shape index (κ2) is 8.73. The summed E-state index contributed by atoms with van der Waals surface area (Å²) in [6.45, 7) is 1.91. The molecule has 0 heterocycles. The number of rotatable bonds is 8. The van der Waals surface area contributed by atoms with E-state index in [0.717, 1.165) is 0 Å². The second-order valence-electron chi connectivity index (χ2n) is 5.02. The van der Waals surface area contributed by atoms with Crippen molar-refractivity contribution >= 4 is 11.8 Å². The van der Waals surface area contributed by atoms with Gasteiger partial charge in [0.25, 0.3) is 0 Å². The molecule has 6 nitrogen and oxygen atoms in total. The van der Waals surface area contributed by atoms with Crippen molar-refractivity contribution < 1.29 is 28.5 Å². The van der Waals surface area contributed by atoms with Crippen LogP contribution in [0.2, 0.25) is 0 Å². The Morgan fingerprint density at radius 1 is 0.920 bits per heavy atom. The van der Waals surface area contributed by atoms with E-state index in [1.54, 1.807) is 56.5 Å². The molecule has 0 unspecified atom stereocenters. The van der Waals surface area contributed by atoms with Gasteiger partial charge < -0.3 is 18.9 Å². The topological polar surface area (TPSA) is 71.1 Å². The molecule has 0 aliphatic carbocycles. The summed E-state index contributed by atoms with van der Waals surface area (Å²) in [6, 6.07) is 11.4. The number of ketones is 1. The Labute approximate surface area is 146 Å². The van der Waals surface area contributed by atoms with E-state index in [-0.39, 0.29) is 12.4 Å². The lowest BCUT2D eigenvalue weighted by molar-refractivity contribution is 0.0526. The number of hydrogen-bond donors (Lipinski definition) is 0. The fourth-order valence-electron chi connectivity index (χ4n) is 2.16. The molecule has 25 heavy (non-hydrogen) atoms. The molecule has 2 rings (SSSR count). The number of carbonyl (C=O) groups excluding carboxylic acids is 2. The van der Waals surface area contributed by atoms with Gasteiger partial charge in [-0.15, -0.1) is 0 Å². The van der Waals surface area contributed by atoms with Crippen LogP contribution in [0.4, 0.5) is 0 Å². The van der Waals surface area contributed by atoms with Crippen LogP contribution < -0.4 is 14.2 Å². The number of benzene rings is 2. The van der Waals surface area contributed by atoms with E-state index in [1.165, 1.54) is 7.11 Å². The minimum absolute atomic E-state index is 0.151. The molecular formula is C19H20O6. The van der Waals surface area contributed by atoms with Gasteiger partial charge in [-0.3, -0.25) is 4.79 Å². The molecular weight excluding hydrogens is 324 g/mol. The van der Waals surface area contributed by atoms with Gasteiger partial charge in [-0.1, -0.05) is 0 Å². The van der Waals surface area contributed by atoms with Crippen LogP contribution in [0.1, 0.15) is 27.6 Å². The average Bonchev–Trinajstić information content (AvgIpc) is 2.66. The van der Waals surface area contributed by atoms with E-state index in [1.807, 2.05) is 0 Å². The number of ether oxygens (including phenoxy) is 4. The highest BCUT2D eigenvalue weighted by atomic mass is 16.5. The summed E-state index contributed by atoms with van der Waals surface area (Å²) in [7, 11) is 3.03. The average molecular weight is 344 g/mol. The van der Waals surface area contributed by atoms with Crippen molar-refractivity contribution in [3.63, 3.8) is 0 Å². The standard InChI is InChI=1S/C19H20O6/c1-4-24-19(21)13-5-7-14(8-6-13)25-12-17(20)16-10-9-15(22-2)11-18(16)23-3/h5-11H,4,12H2,1-3H3. The zero-order chi connectivity index (χ0) is 18.2. The fourth-order valence-corrected chi connectivity index (χ4v) is 2.16. The molecule has 0 saturated carbocycles. The van der Waals surface area contributed by atoms with Gasteiger partial charge in [0.15, 0.2) is 6.61 Å². The third-order valence-corrected chi connectivity index (χ3v) is 3.44. The number of Topliss-reactive ketones (excluding diaryl/α,β-unsaturated/α-hetero) is 1. The van der Waals surface area contributed by atoms with Crippen LogP contribution >= 0.6 is 0 Å². The lowest BCUT2D eigenvalue weighted by Crippen LogP contribution is -2.13. The van der Waals surface area contributed by atoms with Crippen LogP contribution in [-0.4, -0.2) is 39.2 Å². The minimum atomic E-state index is -0.395. The van der Waals surface area contributed by atoms with Crippen LogP contribution in [0.5, 0.6) is 17.2 Å². The van der Waals surface area contributed by atoms with Crippen molar-refractivity contribution in [3.05, 3.63) is 53.6 Å². The molecule has 0 aliphatic heterocycles. The molecule has 132 valence electrons. The zero-order valence-corrected chi connectivity index (χ0v) is 14.4. The molecule has 6 heteroatoms. The quantitative estimate of drug-likeness (QED) is 0.541. The van der Waals surface area contributed by atoms with E-state index < -0.39 is 5.97 Å². The number of esters is 1. The smallest absolute Gasteiger partial charge is 0.338 e. The van der Waals surface area contributed by atoms with Crippen LogP contribution in [0.15, 0.2) is 42.5 Å². The second-order valence-corrected chi connectivity index (χ2v) is 5.02. The van der Waals surface area contributed by atoms with Gasteiger partial charge in [0.2, 0.25) is 5.78 Å². The summed E-state index contributed by atoms with van der Waals surface area (Å²) in [4.78, 5) is 23.9. The molecule has 0 fully saturated rings. The number of carbonyl (C=O) groups is 2. The van der Waals surface area contributed by atoms with Crippen molar-refractivity contribution in [2.24, 2.45) is 0 Å². The van der Waals surface area contributed by atoms with E-state index in [9.17, 15) is 9.59 Å². The molecule has 0 amide bonds. The lowest BCUT2D eigenvalue weighted by atomic mass is 10.1. The minimum Gasteiger partial charge on any atom is -0.497 e. The zero-order valence-electron chi connectivity index (χ0n) is 14.4. The summed E-state index contributed by atoms with van der Waals surface area (Å²) in [6.07, 6.45) is 0. The maximum absolute atomic E-state index is 12.3. The molecule has 0 spiro atoms. The van der Waals surface area contributed by atoms with Crippen molar-refractivity contribution in [3.8, 4) is 17.2 Å². The largest absolute Gasteiger partial charge is 0.497 e. The molecule has 0 atom stereocenters. The van der Waals surface area contributed by atoms with Crippen LogP contribution in [0.25, 0.3) is 0 Å². The Kier molecular flexibility index (Phi) is 6.39. The van der Waals surface area contributed by atoms with Gasteiger partial charge >= 0.3 is 5.97 Å². The van der Waals surface area contributed by atoms with Crippen molar-refractivity contribution in [1.29, 1.82) is 0 Å². The fraction of sp³-hybridized carbons (Fsp3) is 0.263. The highest BCUT2D eigenvalue weighted by molar-refractivity contribution is 6.00. The molecule has 0 radical (unpaired) electrons. The Bertz CT molecular complexity index is 736. The molecule has 0 aromatic heterocycles. The molecule has 0 saturated heterocycles. The van der Waals surface area contributed by atoms with Crippen molar-refractivity contribution in [2.75, 3.05) is 27.4 Å². The number of hydrogen-bond acceptors (Lipinski definition) is 6. The molecule has 0 aliphatic rings. The van der Waals surface area contributed by atoms with Gasteiger partial charge in [0.1, 0.15) is 17.2 Å². The van der Waals surface area contributed by atoms with E-state index in [4.69, 9.17) is 18.9 Å². The first-order valence-electron chi connectivity index (χ1n) is 7.74. The van der Waals surface area contributed by atoms with E-state index in [2.05, 4.69) is 0 Å². The Morgan fingerprint density at radius 3 is 2.20 bits per heavy atom. The highest BCUT2D eigenvalue weighted by Crippen LogP contribution is 2.25. The normalized spacial score (nSPS) is 10.0. The summed E-state index contributed by atoms with van der Waals surface area (Å²) in [5.74, 6) is 0.880. The summed E-state index contributed by atoms with van der Waals surface area (Å²) in [5.41, 5.74) is 0.837. The summed E-state index contributed by atoms with van der Waals surface area (Å²) in [5, 5.41) is 0. The van der Waals surface area contributed by atoms with Crippen molar-refractivity contribution in [1.82, 2.24) is 0 Å². The Morgan fingerprint density at radius 2 is 1.60 bits per heavy atom. The van der Waals surface area contributed by atoms with Gasteiger partial charge in [-0.25, -0.2) is 4.79 Å². The first-order chi connectivity index (χ1) is 12.1. The first kappa shape index (κ1) is 18.3.